The summed E-state index contributed by atoms with van der Waals surface area (Å²) in [7, 11) is 1.85. The number of hydrogen-bond donors (Lipinski definition) is 0. The topological polar surface area (TPSA) is 20.3 Å². The van der Waals surface area contributed by atoms with Crippen molar-refractivity contribution in [3.05, 3.63) is 23.9 Å². The molecule has 0 aromatic rings. The fourth-order valence-corrected chi connectivity index (χ4v) is 1.52. The molecule has 0 N–H and O–H groups in total. The second-order valence-corrected chi connectivity index (χ2v) is 3.34. The first-order valence-electron chi connectivity index (χ1n) is 4.85. The molecule has 2 heteroatoms. The lowest BCUT2D eigenvalue weighted by Crippen LogP contribution is -2.24. The first-order chi connectivity index (χ1) is 6.25. The summed E-state index contributed by atoms with van der Waals surface area (Å²) in [6, 6.07) is 0. The molecule has 0 fully saturated rings. The molecule has 1 aliphatic carbocycles. The number of allylic oxidation sites excluding steroid dienone is 3. The highest BCUT2D eigenvalue weighted by atomic mass is 16.2. The van der Waals surface area contributed by atoms with Crippen LogP contribution in [0, 0.1) is 0 Å². The Bertz CT molecular complexity index is 240. The van der Waals surface area contributed by atoms with Crippen LogP contribution >= 0.6 is 0 Å². The molecule has 0 heterocycles. The average Bonchev–Trinajstić information content (AvgIpc) is 2.18. The highest BCUT2D eigenvalue weighted by Gasteiger charge is 2.12. The van der Waals surface area contributed by atoms with Gasteiger partial charge in [0.05, 0.1) is 0 Å². The Morgan fingerprint density at radius 1 is 1.54 bits per heavy atom. The van der Waals surface area contributed by atoms with Crippen LogP contribution in [0.4, 0.5) is 0 Å². The fraction of sp³-hybridized carbons (Fsp3) is 0.545. The van der Waals surface area contributed by atoms with Crippen molar-refractivity contribution in [3.8, 4) is 0 Å². The molecule has 1 rings (SSSR count). The minimum absolute atomic E-state index is 0.0793. The van der Waals surface area contributed by atoms with Gasteiger partial charge in [-0.25, -0.2) is 0 Å². The SMILES string of the molecule is C/C=C/C(=O)N(C)C1=CCCCC1. The predicted molar refractivity (Wildman–Crippen MR) is 54.1 cm³/mol. The molecular formula is C11H17NO. The van der Waals surface area contributed by atoms with E-state index in [0.717, 1.165) is 12.8 Å². The maximum absolute atomic E-state index is 11.4. The zero-order valence-electron chi connectivity index (χ0n) is 8.42. The van der Waals surface area contributed by atoms with Crippen molar-refractivity contribution in [2.75, 3.05) is 7.05 Å². The van der Waals surface area contributed by atoms with Crippen LogP contribution in [0.25, 0.3) is 0 Å². The highest BCUT2D eigenvalue weighted by molar-refractivity contribution is 5.88. The minimum atomic E-state index is 0.0793. The Labute approximate surface area is 79.9 Å². The molecule has 0 spiro atoms. The van der Waals surface area contributed by atoms with E-state index in [9.17, 15) is 4.79 Å². The molecule has 0 bridgehead atoms. The maximum Gasteiger partial charge on any atom is 0.250 e. The smallest absolute Gasteiger partial charge is 0.250 e. The summed E-state index contributed by atoms with van der Waals surface area (Å²) in [6.45, 7) is 1.86. The molecule has 0 unspecified atom stereocenters. The predicted octanol–water partition coefficient (Wildman–Crippen LogP) is 2.48. The van der Waals surface area contributed by atoms with E-state index < -0.39 is 0 Å². The molecule has 0 saturated heterocycles. The van der Waals surface area contributed by atoms with Crippen molar-refractivity contribution >= 4 is 5.91 Å². The molecule has 72 valence electrons. The van der Waals surface area contributed by atoms with Crippen LogP contribution in [0.15, 0.2) is 23.9 Å². The standard InChI is InChI=1S/C11H17NO/c1-3-7-11(13)12(2)10-8-5-4-6-9-10/h3,7-8H,4-6,9H2,1-2H3/b7-3+. The maximum atomic E-state index is 11.4. The van der Waals surface area contributed by atoms with Crippen molar-refractivity contribution in [3.63, 3.8) is 0 Å². The van der Waals surface area contributed by atoms with Gasteiger partial charge in [-0.1, -0.05) is 12.2 Å². The van der Waals surface area contributed by atoms with Gasteiger partial charge in [0.15, 0.2) is 0 Å². The monoisotopic (exact) mass is 179 g/mol. The van der Waals surface area contributed by atoms with Gasteiger partial charge in [0.2, 0.25) is 5.91 Å². The summed E-state index contributed by atoms with van der Waals surface area (Å²) in [5.74, 6) is 0.0793. The third kappa shape index (κ3) is 2.72. The van der Waals surface area contributed by atoms with Gasteiger partial charge >= 0.3 is 0 Å². The van der Waals surface area contributed by atoms with Gasteiger partial charge in [-0.05, 0) is 38.7 Å². The lowest BCUT2D eigenvalue weighted by Gasteiger charge is -2.22. The van der Waals surface area contributed by atoms with Crippen LogP contribution in [0.3, 0.4) is 0 Å². The van der Waals surface area contributed by atoms with Crippen molar-refractivity contribution in [1.82, 2.24) is 4.90 Å². The van der Waals surface area contributed by atoms with Crippen molar-refractivity contribution in [2.24, 2.45) is 0 Å². The van der Waals surface area contributed by atoms with E-state index in [0.29, 0.717) is 0 Å². The van der Waals surface area contributed by atoms with E-state index in [1.807, 2.05) is 14.0 Å². The van der Waals surface area contributed by atoms with E-state index >= 15 is 0 Å². The van der Waals surface area contributed by atoms with Gasteiger partial charge in [0.1, 0.15) is 0 Å². The first-order valence-corrected chi connectivity index (χ1v) is 4.85. The average molecular weight is 179 g/mol. The van der Waals surface area contributed by atoms with Crippen molar-refractivity contribution in [1.29, 1.82) is 0 Å². The van der Waals surface area contributed by atoms with Crippen molar-refractivity contribution < 1.29 is 4.79 Å². The normalized spacial score (nSPS) is 17.2. The zero-order chi connectivity index (χ0) is 9.68. The fourth-order valence-electron chi connectivity index (χ4n) is 1.52. The van der Waals surface area contributed by atoms with Gasteiger partial charge in [-0.2, -0.15) is 0 Å². The van der Waals surface area contributed by atoms with E-state index in [-0.39, 0.29) is 5.91 Å². The van der Waals surface area contributed by atoms with E-state index in [4.69, 9.17) is 0 Å². The minimum Gasteiger partial charge on any atom is -0.316 e. The van der Waals surface area contributed by atoms with Gasteiger partial charge < -0.3 is 4.90 Å². The van der Waals surface area contributed by atoms with Crippen LogP contribution in [-0.4, -0.2) is 17.9 Å². The molecule has 13 heavy (non-hydrogen) atoms. The van der Waals surface area contributed by atoms with Gasteiger partial charge in [0, 0.05) is 12.7 Å². The summed E-state index contributed by atoms with van der Waals surface area (Å²) in [5.41, 5.74) is 1.18. The number of carbonyl (C=O) groups is 1. The molecule has 1 amide bonds. The molecule has 2 nitrogen and oxygen atoms in total. The lowest BCUT2D eigenvalue weighted by atomic mass is 10.0. The Kier molecular flexibility index (Phi) is 3.74. The number of hydrogen-bond acceptors (Lipinski definition) is 1. The first kappa shape index (κ1) is 10.0. The van der Waals surface area contributed by atoms with E-state index in [2.05, 4.69) is 6.08 Å². The Balaban J connectivity index is 2.60. The Morgan fingerprint density at radius 3 is 2.85 bits per heavy atom. The van der Waals surface area contributed by atoms with E-state index in [1.165, 1.54) is 18.5 Å². The van der Waals surface area contributed by atoms with E-state index in [1.54, 1.807) is 17.1 Å². The number of nitrogens with zero attached hydrogens (tertiary/aromatic N) is 1. The quantitative estimate of drug-likeness (QED) is 0.596. The molecule has 0 saturated carbocycles. The summed E-state index contributed by atoms with van der Waals surface area (Å²) in [5, 5.41) is 0. The van der Waals surface area contributed by atoms with Crippen LogP contribution in [0.2, 0.25) is 0 Å². The van der Waals surface area contributed by atoms with Crippen molar-refractivity contribution in [2.45, 2.75) is 32.6 Å². The largest absolute Gasteiger partial charge is 0.316 e. The molecule has 0 aromatic carbocycles. The van der Waals surface area contributed by atoms with Gasteiger partial charge in [-0.15, -0.1) is 0 Å². The number of rotatable bonds is 2. The third-order valence-corrected chi connectivity index (χ3v) is 2.34. The number of amides is 1. The van der Waals surface area contributed by atoms with Crippen LogP contribution in [0.5, 0.6) is 0 Å². The molecule has 1 aliphatic rings. The Hall–Kier alpha value is -1.05. The van der Waals surface area contributed by atoms with Gasteiger partial charge in [-0.3, -0.25) is 4.79 Å². The second kappa shape index (κ2) is 4.85. The summed E-state index contributed by atoms with van der Waals surface area (Å²) in [4.78, 5) is 13.2. The zero-order valence-corrected chi connectivity index (χ0v) is 8.42. The number of likely N-dealkylation sites (N-methyl/N-ethyl adjacent to an activating group) is 1. The lowest BCUT2D eigenvalue weighted by molar-refractivity contribution is -0.123. The number of carbonyl (C=O) groups excluding carboxylic acids is 1. The second-order valence-electron chi connectivity index (χ2n) is 3.34. The molecule has 0 atom stereocenters. The molecule has 0 aliphatic heterocycles. The van der Waals surface area contributed by atoms with Gasteiger partial charge in [0.25, 0.3) is 0 Å². The Morgan fingerprint density at radius 2 is 2.31 bits per heavy atom. The van der Waals surface area contributed by atoms with Crippen LogP contribution in [-0.2, 0) is 4.79 Å². The molecular weight excluding hydrogens is 162 g/mol. The molecule has 0 radical (unpaired) electrons. The van der Waals surface area contributed by atoms with Crippen LogP contribution in [0.1, 0.15) is 32.6 Å². The molecule has 0 aromatic heterocycles. The summed E-state index contributed by atoms with van der Waals surface area (Å²) in [6.07, 6.45) is 10.2. The highest BCUT2D eigenvalue weighted by Crippen LogP contribution is 2.19. The summed E-state index contributed by atoms with van der Waals surface area (Å²) < 4.78 is 0. The third-order valence-electron chi connectivity index (χ3n) is 2.34. The van der Waals surface area contributed by atoms with Crippen LogP contribution < -0.4 is 0 Å². The summed E-state index contributed by atoms with van der Waals surface area (Å²) >= 11 is 0.